The molecule has 2 aromatic heterocycles. The monoisotopic (exact) mass is 313 g/mol. The SMILES string of the molecule is C[C@@H]1COCCN1c1ncnc2sc(Br)cc12. The molecule has 3 rings (SSSR count). The number of aromatic nitrogens is 2. The lowest BCUT2D eigenvalue weighted by Crippen LogP contribution is -2.44. The van der Waals surface area contributed by atoms with Crippen LogP contribution in [0, 0.1) is 0 Å². The van der Waals surface area contributed by atoms with Gasteiger partial charge in [-0.2, -0.15) is 0 Å². The minimum Gasteiger partial charge on any atom is -0.377 e. The molecule has 0 aromatic carbocycles. The van der Waals surface area contributed by atoms with Crippen molar-refractivity contribution < 1.29 is 4.74 Å². The van der Waals surface area contributed by atoms with Gasteiger partial charge >= 0.3 is 0 Å². The molecule has 0 unspecified atom stereocenters. The van der Waals surface area contributed by atoms with Crippen LogP contribution in [0.2, 0.25) is 0 Å². The van der Waals surface area contributed by atoms with Gasteiger partial charge in [0.05, 0.1) is 28.4 Å². The number of nitrogens with zero attached hydrogens (tertiary/aromatic N) is 3. The van der Waals surface area contributed by atoms with Crippen molar-refractivity contribution >= 4 is 43.3 Å². The second-order valence-electron chi connectivity index (χ2n) is 4.08. The van der Waals surface area contributed by atoms with E-state index >= 15 is 0 Å². The highest BCUT2D eigenvalue weighted by molar-refractivity contribution is 9.11. The summed E-state index contributed by atoms with van der Waals surface area (Å²) in [6.07, 6.45) is 1.64. The molecule has 0 N–H and O–H groups in total. The Morgan fingerprint density at radius 1 is 1.53 bits per heavy atom. The van der Waals surface area contributed by atoms with Gasteiger partial charge in [-0.25, -0.2) is 9.97 Å². The number of hydrogen-bond acceptors (Lipinski definition) is 5. The molecular weight excluding hydrogens is 302 g/mol. The van der Waals surface area contributed by atoms with Crippen molar-refractivity contribution in [2.45, 2.75) is 13.0 Å². The van der Waals surface area contributed by atoms with E-state index in [-0.39, 0.29) is 0 Å². The van der Waals surface area contributed by atoms with E-state index in [0.29, 0.717) is 6.04 Å². The Kier molecular flexibility index (Phi) is 3.02. The predicted molar refractivity (Wildman–Crippen MR) is 72.7 cm³/mol. The van der Waals surface area contributed by atoms with Gasteiger partial charge in [-0.3, -0.25) is 0 Å². The Labute approximate surface area is 112 Å². The first-order chi connectivity index (χ1) is 8.25. The van der Waals surface area contributed by atoms with Crippen LogP contribution in [0.3, 0.4) is 0 Å². The Hall–Kier alpha value is -0.720. The number of ether oxygens (including phenoxy) is 1. The summed E-state index contributed by atoms with van der Waals surface area (Å²) >= 11 is 5.14. The molecule has 0 radical (unpaired) electrons. The fourth-order valence-corrected chi connectivity index (χ4v) is 3.49. The highest BCUT2D eigenvalue weighted by Gasteiger charge is 2.22. The van der Waals surface area contributed by atoms with Gasteiger partial charge in [0.15, 0.2) is 0 Å². The lowest BCUT2D eigenvalue weighted by Gasteiger charge is -2.34. The quantitative estimate of drug-likeness (QED) is 0.811. The van der Waals surface area contributed by atoms with E-state index < -0.39 is 0 Å². The molecule has 6 heteroatoms. The highest BCUT2D eigenvalue weighted by atomic mass is 79.9. The smallest absolute Gasteiger partial charge is 0.141 e. The number of fused-ring (bicyclic) bond motifs is 1. The van der Waals surface area contributed by atoms with E-state index in [1.54, 1.807) is 17.7 Å². The van der Waals surface area contributed by atoms with E-state index in [0.717, 1.165) is 39.6 Å². The molecule has 0 bridgehead atoms. The Balaban J connectivity index is 2.09. The van der Waals surface area contributed by atoms with E-state index in [1.165, 1.54) is 0 Å². The van der Waals surface area contributed by atoms with E-state index in [1.807, 2.05) is 0 Å². The second-order valence-corrected chi connectivity index (χ2v) is 6.49. The first-order valence-electron chi connectivity index (χ1n) is 5.50. The van der Waals surface area contributed by atoms with Crippen LogP contribution in [0.1, 0.15) is 6.92 Å². The molecule has 90 valence electrons. The van der Waals surface area contributed by atoms with Crippen molar-refractivity contribution in [1.29, 1.82) is 0 Å². The Morgan fingerprint density at radius 3 is 3.24 bits per heavy atom. The molecule has 17 heavy (non-hydrogen) atoms. The lowest BCUT2D eigenvalue weighted by molar-refractivity contribution is 0.0987. The second kappa shape index (κ2) is 4.51. The summed E-state index contributed by atoms with van der Waals surface area (Å²) in [4.78, 5) is 12.1. The van der Waals surface area contributed by atoms with Crippen LogP contribution >= 0.6 is 27.3 Å². The Morgan fingerprint density at radius 2 is 2.41 bits per heavy atom. The average molecular weight is 314 g/mol. The van der Waals surface area contributed by atoms with Crippen molar-refractivity contribution in [1.82, 2.24) is 9.97 Å². The van der Waals surface area contributed by atoms with Gasteiger partial charge in [0, 0.05) is 6.54 Å². The molecule has 1 saturated heterocycles. The maximum absolute atomic E-state index is 5.46. The summed E-state index contributed by atoms with van der Waals surface area (Å²) in [6, 6.07) is 2.46. The van der Waals surface area contributed by atoms with Gasteiger partial charge in [0.25, 0.3) is 0 Å². The van der Waals surface area contributed by atoms with E-state index in [9.17, 15) is 0 Å². The van der Waals surface area contributed by atoms with Crippen molar-refractivity contribution in [2.75, 3.05) is 24.7 Å². The molecule has 2 aromatic rings. The zero-order valence-corrected chi connectivity index (χ0v) is 11.8. The number of rotatable bonds is 1. The largest absolute Gasteiger partial charge is 0.377 e. The van der Waals surface area contributed by atoms with Crippen molar-refractivity contribution in [3.8, 4) is 0 Å². The number of halogens is 1. The van der Waals surface area contributed by atoms with Gasteiger partial charge in [0.1, 0.15) is 17.0 Å². The van der Waals surface area contributed by atoms with Crippen LogP contribution in [0.25, 0.3) is 10.2 Å². The third-order valence-electron chi connectivity index (χ3n) is 2.92. The first-order valence-corrected chi connectivity index (χ1v) is 7.11. The maximum atomic E-state index is 5.46. The summed E-state index contributed by atoms with van der Waals surface area (Å²) in [5.41, 5.74) is 0. The molecular formula is C11H12BrN3OS. The third kappa shape index (κ3) is 2.05. The molecule has 1 aliphatic heterocycles. The number of hydrogen-bond donors (Lipinski definition) is 0. The molecule has 4 nitrogen and oxygen atoms in total. The predicted octanol–water partition coefficient (Wildman–Crippen LogP) is 2.68. The maximum Gasteiger partial charge on any atom is 0.141 e. The zero-order chi connectivity index (χ0) is 11.8. The fourth-order valence-electron chi connectivity index (χ4n) is 2.08. The molecule has 0 aliphatic carbocycles. The molecule has 3 heterocycles. The normalized spacial score (nSPS) is 21.1. The summed E-state index contributed by atoms with van der Waals surface area (Å²) < 4.78 is 6.55. The summed E-state index contributed by atoms with van der Waals surface area (Å²) in [6.45, 7) is 4.58. The zero-order valence-electron chi connectivity index (χ0n) is 9.39. The van der Waals surface area contributed by atoms with Crippen molar-refractivity contribution in [2.24, 2.45) is 0 Å². The molecule has 1 fully saturated rings. The van der Waals surface area contributed by atoms with Crippen LogP contribution in [0.15, 0.2) is 16.2 Å². The summed E-state index contributed by atoms with van der Waals surface area (Å²) in [5.74, 6) is 1.02. The van der Waals surface area contributed by atoms with Gasteiger partial charge in [-0.15, -0.1) is 11.3 Å². The number of thiophene rings is 1. The Bertz CT molecular complexity index is 544. The lowest BCUT2D eigenvalue weighted by atomic mass is 10.2. The van der Waals surface area contributed by atoms with Crippen LogP contribution in [0.4, 0.5) is 5.82 Å². The molecule has 1 aliphatic rings. The van der Waals surface area contributed by atoms with E-state index in [2.05, 4.69) is 43.8 Å². The third-order valence-corrected chi connectivity index (χ3v) is 4.46. The molecule has 0 spiro atoms. The number of morpholine rings is 1. The fraction of sp³-hybridized carbons (Fsp3) is 0.455. The van der Waals surface area contributed by atoms with Gasteiger partial charge in [-0.1, -0.05) is 0 Å². The average Bonchev–Trinajstić information content (AvgIpc) is 2.70. The van der Waals surface area contributed by atoms with Crippen LogP contribution in [-0.4, -0.2) is 35.8 Å². The molecule has 0 saturated carbocycles. The van der Waals surface area contributed by atoms with Crippen molar-refractivity contribution in [3.05, 3.63) is 16.2 Å². The first kappa shape index (κ1) is 11.4. The van der Waals surface area contributed by atoms with Crippen LogP contribution < -0.4 is 4.90 Å². The van der Waals surface area contributed by atoms with Crippen LogP contribution in [0.5, 0.6) is 0 Å². The molecule has 0 amide bonds. The topological polar surface area (TPSA) is 38.2 Å². The van der Waals surface area contributed by atoms with Crippen molar-refractivity contribution in [3.63, 3.8) is 0 Å². The van der Waals surface area contributed by atoms with Gasteiger partial charge in [-0.05, 0) is 28.9 Å². The molecule has 1 atom stereocenters. The number of anilines is 1. The van der Waals surface area contributed by atoms with E-state index in [4.69, 9.17) is 4.74 Å². The van der Waals surface area contributed by atoms with Crippen LogP contribution in [-0.2, 0) is 4.74 Å². The standard InChI is InChI=1S/C11H12BrN3OS/c1-7-5-16-3-2-15(7)10-8-4-9(12)17-11(8)14-6-13-10/h4,6-7H,2-3,5H2,1H3/t7-/m1/s1. The minimum absolute atomic E-state index is 0.362. The summed E-state index contributed by atoms with van der Waals surface area (Å²) in [7, 11) is 0. The minimum atomic E-state index is 0.362. The highest BCUT2D eigenvalue weighted by Crippen LogP contribution is 2.34. The summed E-state index contributed by atoms with van der Waals surface area (Å²) in [5, 5.41) is 1.12. The van der Waals surface area contributed by atoms with Gasteiger partial charge in [0.2, 0.25) is 0 Å². The van der Waals surface area contributed by atoms with Gasteiger partial charge < -0.3 is 9.64 Å².